The van der Waals surface area contributed by atoms with Gasteiger partial charge in [0.1, 0.15) is 0 Å². The van der Waals surface area contributed by atoms with Gasteiger partial charge in [0.25, 0.3) is 5.91 Å². The average molecular weight is 464 g/mol. The van der Waals surface area contributed by atoms with Gasteiger partial charge in [-0.2, -0.15) is 0 Å². The molecule has 0 bridgehead atoms. The molecule has 34 heavy (non-hydrogen) atoms. The molecule has 0 aromatic heterocycles. The van der Waals surface area contributed by atoms with Crippen LogP contribution in [-0.4, -0.2) is 79.5 Å². The van der Waals surface area contributed by atoms with Gasteiger partial charge in [-0.25, -0.2) is 0 Å². The Morgan fingerprint density at radius 1 is 0.941 bits per heavy atom. The van der Waals surface area contributed by atoms with Crippen LogP contribution in [0.2, 0.25) is 0 Å². The maximum Gasteiger partial charge on any atom is 0.254 e. The van der Waals surface area contributed by atoms with Crippen LogP contribution in [0.25, 0.3) is 0 Å². The van der Waals surface area contributed by atoms with Gasteiger partial charge in [0, 0.05) is 38.3 Å². The van der Waals surface area contributed by atoms with Crippen LogP contribution in [-0.2, 0) is 11.2 Å². The van der Waals surface area contributed by atoms with Crippen molar-refractivity contribution in [2.24, 2.45) is 0 Å². The first-order valence-electron chi connectivity index (χ1n) is 12.3. The van der Waals surface area contributed by atoms with Crippen LogP contribution in [0.5, 0.6) is 11.5 Å². The van der Waals surface area contributed by atoms with Crippen molar-refractivity contribution in [3.8, 4) is 11.5 Å². The number of ether oxygens (including phenoxy) is 2. The molecule has 2 aromatic carbocycles. The number of hydrogen-bond donors (Lipinski definition) is 0. The van der Waals surface area contributed by atoms with Crippen LogP contribution in [0.4, 0.5) is 0 Å². The van der Waals surface area contributed by atoms with Crippen molar-refractivity contribution >= 4 is 11.8 Å². The van der Waals surface area contributed by atoms with Crippen LogP contribution >= 0.6 is 0 Å². The number of rotatable bonds is 5. The van der Waals surface area contributed by atoms with Crippen molar-refractivity contribution in [3.05, 3.63) is 58.7 Å². The fraction of sp³-hybridized carbons (Fsp3) is 0.481. The average Bonchev–Trinajstić information content (AvgIpc) is 2.85. The van der Waals surface area contributed by atoms with Gasteiger partial charge in [-0.05, 0) is 62.2 Å². The standard InChI is InChI=1S/C27H33N3O4/c1-4-33-22-16-18-10-11-30-25(21(18)17-23(22)34-5-2)24(19-8-6-7-9-20(19)26(30)31)27(32)29-14-12-28(3)13-15-29/h6-9,16-17,24-25H,4-5,10-15H2,1-3H3. The number of nitrogens with zero attached hydrogens (tertiary/aromatic N) is 3. The van der Waals surface area contributed by atoms with Gasteiger partial charge < -0.3 is 24.2 Å². The Hall–Kier alpha value is -3.06. The zero-order chi connectivity index (χ0) is 23.8. The number of carbonyl (C=O) groups excluding carboxylic acids is 2. The minimum Gasteiger partial charge on any atom is -0.490 e. The molecule has 1 saturated heterocycles. The van der Waals surface area contributed by atoms with E-state index in [1.807, 2.05) is 60.0 Å². The van der Waals surface area contributed by atoms with Crippen LogP contribution < -0.4 is 9.47 Å². The molecule has 2 amide bonds. The number of piperazine rings is 1. The zero-order valence-corrected chi connectivity index (χ0v) is 20.3. The highest BCUT2D eigenvalue weighted by Gasteiger charge is 2.47. The van der Waals surface area contributed by atoms with E-state index in [1.54, 1.807) is 0 Å². The number of amides is 2. The molecular formula is C27H33N3O4. The first-order valence-corrected chi connectivity index (χ1v) is 12.3. The maximum atomic E-state index is 14.1. The predicted octanol–water partition coefficient (Wildman–Crippen LogP) is 3.09. The summed E-state index contributed by atoms with van der Waals surface area (Å²) in [6.45, 7) is 8.66. The van der Waals surface area contributed by atoms with Crippen LogP contribution in [0.3, 0.4) is 0 Å². The molecule has 0 spiro atoms. The molecular weight excluding hydrogens is 430 g/mol. The summed E-state index contributed by atoms with van der Waals surface area (Å²) in [5, 5.41) is 0. The second kappa shape index (κ2) is 9.29. The van der Waals surface area contributed by atoms with E-state index in [0.717, 1.165) is 42.0 Å². The van der Waals surface area contributed by atoms with E-state index in [1.165, 1.54) is 0 Å². The molecule has 1 fully saturated rings. The second-order valence-electron chi connectivity index (χ2n) is 9.25. The van der Waals surface area contributed by atoms with Gasteiger partial charge in [0.2, 0.25) is 5.91 Å². The Bertz CT molecular complexity index is 1090. The zero-order valence-electron chi connectivity index (χ0n) is 20.3. The Labute approximate surface area is 201 Å². The summed E-state index contributed by atoms with van der Waals surface area (Å²) in [6.07, 6.45) is 0.724. The Morgan fingerprint density at radius 3 is 2.32 bits per heavy atom. The second-order valence-corrected chi connectivity index (χ2v) is 9.25. The van der Waals surface area contributed by atoms with Crippen molar-refractivity contribution < 1.29 is 19.1 Å². The fourth-order valence-corrected chi connectivity index (χ4v) is 5.56. The highest BCUT2D eigenvalue weighted by Crippen LogP contribution is 2.49. The van der Waals surface area contributed by atoms with Crippen molar-refractivity contribution in [1.29, 1.82) is 0 Å². The molecule has 2 atom stereocenters. The normalized spacial score (nSPS) is 22.0. The third kappa shape index (κ3) is 3.82. The van der Waals surface area contributed by atoms with E-state index in [0.29, 0.717) is 44.2 Å². The van der Waals surface area contributed by atoms with Gasteiger partial charge in [0.05, 0.1) is 25.2 Å². The van der Waals surface area contributed by atoms with Crippen molar-refractivity contribution in [2.45, 2.75) is 32.2 Å². The molecule has 0 radical (unpaired) electrons. The monoisotopic (exact) mass is 463 g/mol. The van der Waals surface area contributed by atoms with E-state index in [2.05, 4.69) is 11.9 Å². The van der Waals surface area contributed by atoms with Gasteiger partial charge in [-0.15, -0.1) is 0 Å². The summed E-state index contributed by atoms with van der Waals surface area (Å²) < 4.78 is 11.8. The fourth-order valence-electron chi connectivity index (χ4n) is 5.56. The maximum absolute atomic E-state index is 14.1. The molecule has 180 valence electrons. The molecule has 2 aromatic rings. The third-order valence-corrected chi connectivity index (χ3v) is 7.27. The summed E-state index contributed by atoms with van der Waals surface area (Å²) in [7, 11) is 2.08. The van der Waals surface area contributed by atoms with Crippen molar-refractivity contribution in [1.82, 2.24) is 14.7 Å². The summed E-state index contributed by atoms with van der Waals surface area (Å²) in [5.41, 5.74) is 3.59. The molecule has 3 aliphatic rings. The van der Waals surface area contributed by atoms with Gasteiger partial charge in [-0.3, -0.25) is 9.59 Å². The molecule has 7 heteroatoms. The Morgan fingerprint density at radius 2 is 1.62 bits per heavy atom. The van der Waals surface area contributed by atoms with E-state index in [-0.39, 0.29) is 17.9 Å². The quantitative estimate of drug-likeness (QED) is 0.682. The molecule has 2 unspecified atom stereocenters. The molecule has 3 heterocycles. The topological polar surface area (TPSA) is 62.3 Å². The molecule has 3 aliphatic heterocycles. The van der Waals surface area contributed by atoms with Crippen LogP contribution in [0, 0.1) is 0 Å². The number of carbonyl (C=O) groups is 2. The molecule has 5 rings (SSSR count). The van der Waals surface area contributed by atoms with E-state index in [9.17, 15) is 9.59 Å². The van der Waals surface area contributed by atoms with Gasteiger partial charge >= 0.3 is 0 Å². The summed E-state index contributed by atoms with van der Waals surface area (Å²) in [6, 6.07) is 11.3. The molecule has 7 nitrogen and oxygen atoms in total. The molecule has 0 saturated carbocycles. The Balaban J connectivity index is 1.63. The van der Waals surface area contributed by atoms with Crippen molar-refractivity contribution in [2.75, 3.05) is 53.0 Å². The smallest absolute Gasteiger partial charge is 0.254 e. The minimum atomic E-state index is -0.441. The van der Waals surface area contributed by atoms with Gasteiger partial charge in [0.15, 0.2) is 11.5 Å². The minimum absolute atomic E-state index is 0.000483. The third-order valence-electron chi connectivity index (χ3n) is 7.27. The number of likely N-dealkylation sites (N-methyl/N-ethyl adjacent to an activating group) is 1. The largest absolute Gasteiger partial charge is 0.490 e. The highest BCUT2D eigenvalue weighted by molar-refractivity contribution is 6.01. The lowest BCUT2D eigenvalue weighted by Crippen LogP contribution is -2.54. The lowest BCUT2D eigenvalue weighted by atomic mass is 9.75. The highest BCUT2D eigenvalue weighted by atomic mass is 16.5. The van der Waals surface area contributed by atoms with E-state index >= 15 is 0 Å². The molecule has 0 N–H and O–H groups in total. The SMILES string of the molecule is CCOc1cc2c(cc1OCC)C1C(C(=O)N3CCN(C)CC3)c3ccccc3C(=O)N1CC2. The van der Waals surface area contributed by atoms with E-state index in [4.69, 9.17) is 9.47 Å². The Kier molecular flexibility index (Phi) is 6.21. The van der Waals surface area contributed by atoms with Crippen LogP contribution in [0.15, 0.2) is 36.4 Å². The lowest BCUT2D eigenvalue weighted by molar-refractivity contribution is -0.136. The van der Waals surface area contributed by atoms with Gasteiger partial charge in [-0.1, -0.05) is 18.2 Å². The van der Waals surface area contributed by atoms with E-state index < -0.39 is 5.92 Å². The van der Waals surface area contributed by atoms with Crippen molar-refractivity contribution in [3.63, 3.8) is 0 Å². The number of benzene rings is 2. The first kappa shape index (κ1) is 22.7. The lowest BCUT2D eigenvalue weighted by Gasteiger charge is -2.47. The van der Waals surface area contributed by atoms with Crippen LogP contribution in [0.1, 0.15) is 52.9 Å². The first-order chi connectivity index (χ1) is 16.5. The predicted molar refractivity (Wildman–Crippen MR) is 130 cm³/mol. The number of fused-ring (bicyclic) bond motifs is 4. The number of hydrogen-bond acceptors (Lipinski definition) is 5. The molecule has 0 aliphatic carbocycles. The summed E-state index contributed by atoms with van der Waals surface area (Å²) >= 11 is 0. The summed E-state index contributed by atoms with van der Waals surface area (Å²) in [5.74, 6) is 1.05. The summed E-state index contributed by atoms with van der Waals surface area (Å²) in [4.78, 5) is 33.8.